The number of rotatable bonds is 13. The number of allylic oxidation sites excluding steroid dienone is 2. The highest BCUT2D eigenvalue weighted by molar-refractivity contribution is 6.08. The molecule has 1 saturated carbocycles. The summed E-state index contributed by atoms with van der Waals surface area (Å²) in [5, 5.41) is 53.1. The third kappa shape index (κ3) is 8.25. The van der Waals surface area contributed by atoms with Gasteiger partial charge in [-0.15, -0.1) is 0 Å². The van der Waals surface area contributed by atoms with Crippen LogP contribution in [0.2, 0.25) is 0 Å². The summed E-state index contributed by atoms with van der Waals surface area (Å²) in [6.45, 7) is 0.0257. The van der Waals surface area contributed by atoms with Gasteiger partial charge in [-0.3, -0.25) is 9.59 Å². The number of ketones is 2. The van der Waals surface area contributed by atoms with Crippen LogP contribution in [-0.4, -0.2) is 98.9 Å². The number of carbonyl (C=O) groups excluding carboxylic acids is 2. The number of aliphatic hydroxyl groups is 1. The Labute approximate surface area is 329 Å². The van der Waals surface area contributed by atoms with Gasteiger partial charge in [0.2, 0.25) is 0 Å². The van der Waals surface area contributed by atoms with Crippen molar-refractivity contribution in [3.8, 4) is 23.0 Å². The Morgan fingerprint density at radius 3 is 2.44 bits per heavy atom. The monoisotopic (exact) mass is 781 g/mol. The molecule has 13 heteroatoms. The molecule has 3 bridgehead atoms. The van der Waals surface area contributed by atoms with Gasteiger partial charge in [0.15, 0.2) is 40.2 Å². The minimum Gasteiger partial charge on any atom is -0.504 e. The maximum absolute atomic E-state index is 14.8. The van der Waals surface area contributed by atoms with E-state index in [1.54, 1.807) is 30.4 Å². The summed E-state index contributed by atoms with van der Waals surface area (Å²) >= 11 is 0. The predicted octanol–water partition coefficient (Wildman–Crippen LogP) is 4.35. The molecule has 7 N–H and O–H groups in total. The zero-order valence-corrected chi connectivity index (χ0v) is 31.2. The lowest BCUT2D eigenvalue weighted by molar-refractivity contribution is -0.296. The van der Waals surface area contributed by atoms with Gasteiger partial charge >= 0.3 is 5.97 Å². The van der Waals surface area contributed by atoms with Gasteiger partial charge in [-0.2, -0.15) is 0 Å². The third-order valence-electron chi connectivity index (χ3n) is 11.5. The highest BCUT2D eigenvalue weighted by atomic mass is 16.6. The first-order valence-corrected chi connectivity index (χ1v) is 19.1. The quantitative estimate of drug-likeness (QED) is 0.105. The lowest BCUT2D eigenvalue weighted by atomic mass is 9.60. The summed E-state index contributed by atoms with van der Waals surface area (Å²) < 4.78 is 24.8. The number of aliphatic hydroxyl groups excluding tert-OH is 1. The standard InChI is InChI=1S/C44H47NO12/c45-16-17-54-37-15-10-27(19-35(37)49)8-13-32(46)25-56-44(42(52)53)23-36(50)39-40-38(44)31-12-11-30(18-28-9-14-33(47)34(48)20-28)41(51)43(22-31,57-40)21-29(24-55-39)7-6-26-4-2-1-3-5-26/h1-5,8-15,18-20,29,31,36,38-40,47-50H,6-7,16-17,21-25,45H2,(H,52,53)/b13-8+,30-18+/t29-,31+,36+,38+,39+,40+,43+,44-/m0/s1. The minimum absolute atomic E-state index is 0.118. The number of aromatic hydroxyl groups is 3. The molecule has 0 amide bonds. The molecule has 0 aromatic heterocycles. The first kappa shape index (κ1) is 39.9. The van der Waals surface area contributed by atoms with Crippen molar-refractivity contribution in [3.05, 3.63) is 107 Å². The van der Waals surface area contributed by atoms with Gasteiger partial charge in [0.1, 0.15) is 24.9 Å². The Morgan fingerprint density at radius 1 is 0.930 bits per heavy atom. The van der Waals surface area contributed by atoms with Crippen molar-refractivity contribution in [1.82, 2.24) is 0 Å². The number of aliphatic carboxylic acids is 1. The van der Waals surface area contributed by atoms with Crippen LogP contribution in [0.15, 0.2) is 90.5 Å². The SMILES string of the molecule is NCCOc1ccc(/C=C/C(=O)CO[C@@]2(C(=O)O)C[C@@H](O)[C@H]3OC[C@@H](CCc4ccccc4)C[C@@]45C[C@@H](C=C/C(=C\c6ccc(O)c(O)c6)C4=O)[C@@H]2[C@H]3O5)cc1O. The Bertz CT molecular complexity index is 2080. The number of carboxylic acid groups (broad SMARTS) is 1. The van der Waals surface area contributed by atoms with Crippen LogP contribution in [0.3, 0.4) is 0 Å². The normalized spacial score (nSPS) is 30.1. The van der Waals surface area contributed by atoms with Crippen LogP contribution in [0.25, 0.3) is 12.2 Å². The summed E-state index contributed by atoms with van der Waals surface area (Å²) in [7, 11) is 0. The predicted molar refractivity (Wildman–Crippen MR) is 207 cm³/mol. The van der Waals surface area contributed by atoms with Gasteiger partial charge in [0.25, 0.3) is 0 Å². The van der Waals surface area contributed by atoms with Crippen LogP contribution in [-0.2, 0) is 35.0 Å². The number of phenolic OH excluding ortho intramolecular Hbond substituents is 3. The van der Waals surface area contributed by atoms with E-state index in [4.69, 9.17) is 24.7 Å². The number of carbonyl (C=O) groups is 3. The molecule has 2 saturated heterocycles. The van der Waals surface area contributed by atoms with Crippen LogP contribution in [0.1, 0.15) is 42.4 Å². The molecule has 3 fully saturated rings. The molecule has 57 heavy (non-hydrogen) atoms. The second-order valence-electron chi connectivity index (χ2n) is 15.3. The fourth-order valence-corrected chi connectivity index (χ4v) is 8.84. The van der Waals surface area contributed by atoms with E-state index >= 15 is 0 Å². The fourth-order valence-electron chi connectivity index (χ4n) is 8.84. The van der Waals surface area contributed by atoms with Crippen molar-refractivity contribution in [2.75, 3.05) is 26.4 Å². The number of hydrogen-bond donors (Lipinski definition) is 6. The number of aryl methyl sites for hydroxylation is 1. The lowest BCUT2D eigenvalue weighted by Gasteiger charge is -2.58. The number of Topliss-reactive ketones (excluding diaryl/α,β-unsaturated/α-hetero) is 1. The molecule has 3 aromatic rings. The topological polar surface area (TPSA) is 215 Å². The number of benzene rings is 3. The number of phenols is 3. The van der Waals surface area contributed by atoms with Crippen LogP contribution >= 0.6 is 0 Å². The van der Waals surface area contributed by atoms with E-state index in [9.17, 15) is 39.9 Å². The molecule has 8 atom stereocenters. The van der Waals surface area contributed by atoms with Gasteiger partial charge in [-0.25, -0.2) is 4.79 Å². The number of nitrogens with two attached hydrogens (primary N) is 1. The zero-order valence-electron chi connectivity index (χ0n) is 31.2. The average Bonchev–Trinajstić information content (AvgIpc) is 3.28. The minimum atomic E-state index is -2.11. The van der Waals surface area contributed by atoms with Gasteiger partial charge in [-0.05, 0) is 90.6 Å². The first-order chi connectivity index (χ1) is 27.4. The van der Waals surface area contributed by atoms with Crippen LogP contribution in [0.4, 0.5) is 0 Å². The van der Waals surface area contributed by atoms with Crippen LogP contribution < -0.4 is 10.5 Å². The molecular formula is C44H47NO12. The fraction of sp³-hybridized carbons (Fsp3) is 0.386. The molecule has 3 aromatic carbocycles. The third-order valence-corrected chi connectivity index (χ3v) is 11.5. The van der Waals surface area contributed by atoms with Crippen LogP contribution in [0.5, 0.6) is 23.0 Å². The lowest BCUT2D eigenvalue weighted by Crippen LogP contribution is -2.72. The molecule has 300 valence electrons. The van der Waals surface area contributed by atoms with Crippen molar-refractivity contribution in [3.63, 3.8) is 0 Å². The molecule has 2 aliphatic carbocycles. The van der Waals surface area contributed by atoms with Gasteiger partial charge < -0.3 is 50.2 Å². The van der Waals surface area contributed by atoms with Crippen molar-refractivity contribution in [2.24, 2.45) is 23.5 Å². The van der Waals surface area contributed by atoms with Crippen molar-refractivity contribution < 1.29 is 58.9 Å². The van der Waals surface area contributed by atoms with Gasteiger partial charge in [0.05, 0.1) is 18.8 Å². The maximum Gasteiger partial charge on any atom is 0.336 e. The molecule has 4 aliphatic rings. The summed E-state index contributed by atoms with van der Waals surface area (Å²) in [6.07, 6.45) is 5.54. The van der Waals surface area contributed by atoms with Crippen molar-refractivity contribution in [1.29, 1.82) is 0 Å². The Balaban J connectivity index is 1.21. The Morgan fingerprint density at radius 2 is 1.70 bits per heavy atom. The highest BCUT2D eigenvalue weighted by Crippen LogP contribution is 2.55. The van der Waals surface area contributed by atoms with Crippen molar-refractivity contribution >= 4 is 29.7 Å². The van der Waals surface area contributed by atoms with Gasteiger partial charge in [0, 0.05) is 24.5 Å². The summed E-state index contributed by atoms with van der Waals surface area (Å²) in [5.41, 5.74) is 4.23. The summed E-state index contributed by atoms with van der Waals surface area (Å²) in [6, 6.07) is 18.7. The van der Waals surface area contributed by atoms with E-state index in [1.165, 1.54) is 36.4 Å². The molecule has 1 spiro atoms. The molecule has 2 heterocycles. The number of fused-ring (bicyclic) bond motifs is 2. The van der Waals surface area contributed by atoms with E-state index in [2.05, 4.69) is 0 Å². The van der Waals surface area contributed by atoms with E-state index in [0.29, 0.717) is 24.0 Å². The first-order valence-electron chi connectivity index (χ1n) is 19.1. The van der Waals surface area contributed by atoms with E-state index in [0.717, 1.165) is 5.56 Å². The number of ether oxygens (including phenoxy) is 4. The molecule has 0 radical (unpaired) electrons. The summed E-state index contributed by atoms with van der Waals surface area (Å²) in [4.78, 5) is 41.5. The van der Waals surface area contributed by atoms with E-state index in [1.807, 2.05) is 30.3 Å². The molecular weight excluding hydrogens is 734 g/mol. The van der Waals surface area contributed by atoms with E-state index in [-0.39, 0.29) is 72.9 Å². The number of hydrogen-bond acceptors (Lipinski definition) is 12. The van der Waals surface area contributed by atoms with E-state index < -0.39 is 66.1 Å². The van der Waals surface area contributed by atoms with Gasteiger partial charge in [-0.1, -0.05) is 60.7 Å². The molecule has 13 nitrogen and oxygen atoms in total. The van der Waals surface area contributed by atoms with Crippen LogP contribution in [0, 0.1) is 17.8 Å². The Kier molecular flexibility index (Phi) is 11.7. The molecule has 7 rings (SSSR count). The zero-order chi connectivity index (χ0) is 40.3. The maximum atomic E-state index is 14.8. The van der Waals surface area contributed by atoms with Crippen molar-refractivity contribution in [2.45, 2.75) is 61.6 Å². The second-order valence-corrected chi connectivity index (χ2v) is 15.3. The molecule has 0 unspecified atom stereocenters. The largest absolute Gasteiger partial charge is 0.504 e. The number of carboxylic acids is 1. The summed E-state index contributed by atoms with van der Waals surface area (Å²) in [5.74, 6) is -4.62. The second kappa shape index (κ2) is 16.7. The molecule has 2 aliphatic heterocycles. The highest BCUT2D eigenvalue weighted by Gasteiger charge is 2.67. The Hall–Kier alpha value is -5.31. The average molecular weight is 782 g/mol. The smallest absolute Gasteiger partial charge is 0.336 e.